The van der Waals surface area contributed by atoms with Crippen LogP contribution < -0.4 is 10.1 Å². The van der Waals surface area contributed by atoms with Crippen LogP contribution in [0.25, 0.3) is 0 Å². The molecule has 6 heteroatoms. The molecule has 1 aliphatic carbocycles. The highest BCUT2D eigenvalue weighted by atomic mass is 79.9. The van der Waals surface area contributed by atoms with E-state index < -0.39 is 6.04 Å². The van der Waals surface area contributed by atoms with Crippen LogP contribution in [0.5, 0.6) is 5.75 Å². The Hall–Kier alpha value is -3.12. The number of halogens is 1. The van der Waals surface area contributed by atoms with Gasteiger partial charge in [-0.2, -0.15) is 0 Å². The molecule has 3 aromatic rings. The summed E-state index contributed by atoms with van der Waals surface area (Å²) < 4.78 is 6.82. The minimum atomic E-state index is -0.652. The molecule has 0 heterocycles. The first-order chi connectivity index (χ1) is 18.0. The zero-order valence-corrected chi connectivity index (χ0v) is 23.0. The van der Waals surface area contributed by atoms with Crippen molar-refractivity contribution in [3.63, 3.8) is 0 Å². The zero-order chi connectivity index (χ0) is 26.0. The lowest BCUT2D eigenvalue weighted by Crippen LogP contribution is -2.53. The third-order valence-electron chi connectivity index (χ3n) is 6.91. The van der Waals surface area contributed by atoms with Gasteiger partial charge in [0, 0.05) is 23.5 Å². The summed E-state index contributed by atoms with van der Waals surface area (Å²) >= 11 is 3.53. The van der Waals surface area contributed by atoms with E-state index in [2.05, 4.69) is 28.2 Å². The van der Waals surface area contributed by atoms with Crippen LogP contribution in [0, 0.1) is 0 Å². The molecule has 0 aliphatic heterocycles. The maximum Gasteiger partial charge on any atom is 0.261 e. The van der Waals surface area contributed by atoms with E-state index in [1.165, 1.54) is 5.56 Å². The van der Waals surface area contributed by atoms with E-state index in [0.717, 1.165) is 47.7 Å². The molecule has 4 rings (SSSR count). The summed E-state index contributed by atoms with van der Waals surface area (Å²) in [4.78, 5) is 29.1. The van der Waals surface area contributed by atoms with E-state index in [1.54, 1.807) is 4.90 Å². The summed E-state index contributed by atoms with van der Waals surface area (Å²) in [5, 5.41) is 3.24. The van der Waals surface area contributed by atoms with Crippen molar-refractivity contribution in [2.24, 2.45) is 0 Å². The average molecular weight is 564 g/mol. The molecule has 194 valence electrons. The van der Waals surface area contributed by atoms with Crippen LogP contribution in [-0.4, -0.2) is 35.4 Å². The molecule has 1 saturated carbocycles. The first kappa shape index (κ1) is 26.9. The molecule has 0 radical (unpaired) electrons. The van der Waals surface area contributed by atoms with E-state index >= 15 is 0 Å². The second-order valence-electron chi connectivity index (χ2n) is 9.63. The lowest BCUT2D eigenvalue weighted by Gasteiger charge is -2.32. The standard InChI is InChI=1S/C31H35BrN2O3/c1-2-23-15-17-28(18-16-23)37-22-30(35)34(21-25-11-8-12-26(32)19-25)29(20-24-9-4-3-5-10-24)31(36)33-27-13-6-7-14-27/h3-5,8-12,15-19,27,29H,2,6-7,13-14,20-22H2,1H3,(H,33,36). The number of ether oxygens (including phenoxy) is 1. The molecule has 1 unspecified atom stereocenters. The van der Waals surface area contributed by atoms with Crippen molar-refractivity contribution in [3.05, 3.63) is 100 Å². The van der Waals surface area contributed by atoms with Crippen molar-refractivity contribution in [2.75, 3.05) is 6.61 Å². The molecule has 0 bridgehead atoms. The van der Waals surface area contributed by atoms with Crippen molar-refractivity contribution in [1.29, 1.82) is 0 Å². The van der Waals surface area contributed by atoms with Gasteiger partial charge in [-0.15, -0.1) is 0 Å². The molecule has 5 nitrogen and oxygen atoms in total. The number of aryl methyl sites for hydroxylation is 1. The number of amides is 2. The quantitative estimate of drug-likeness (QED) is 0.307. The SMILES string of the molecule is CCc1ccc(OCC(=O)N(Cc2cccc(Br)c2)C(Cc2ccccc2)C(=O)NC2CCCC2)cc1. The third-order valence-corrected chi connectivity index (χ3v) is 7.40. The normalized spacial score (nSPS) is 14.2. The topological polar surface area (TPSA) is 58.6 Å². The molecule has 0 aromatic heterocycles. The number of hydrogen-bond acceptors (Lipinski definition) is 3. The number of benzene rings is 3. The number of nitrogens with one attached hydrogen (secondary N) is 1. The minimum Gasteiger partial charge on any atom is -0.484 e. The Labute approximate surface area is 228 Å². The van der Waals surface area contributed by atoms with Gasteiger partial charge in [-0.3, -0.25) is 9.59 Å². The fourth-order valence-corrected chi connectivity index (χ4v) is 5.25. The summed E-state index contributed by atoms with van der Waals surface area (Å²) in [7, 11) is 0. The number of carbonyl (C=O) groups is 2. The summed E-state index contributed by atoms with van der Waals surface area (Å²) in [6.45, 7) is 2.27. The second kappa shape index (κ2) is 13.4. The monoisotopic (exact) mass is 562 g/mol. The first-order valence-electron chi connectivity index (χ1n) is 13.1. The molecule has 1 atom stereocenters. The van der Waals surface area contributed by atoms with Gasteiger partial charge in [0.1, 0.15) is 11.8 Å². The van der Waals surface area contributed by atoms with Crippen molar-refractivity contribution >= 4 is 27.7 Å². The Morgan fingerprint density at radius 2 is 1.65 bits per heavy atom. The van der Waals surface area contributed by atoms with Crippen LogP contribution in [0.4, 0.5) is 0 Å². The largest absolute Gasteiger partial charge is 0.484 e. The summed E-state index contributed by atoms with van der Waals surface area (Å²) in [5.41, 5.74) is 3.17. The Kier molecular flexibility index (Phi) is 9.78. The van der Waals surface area contributed by atoms with Crippen LogP contribution in [0.2, 0.25) is 0 Å². The Morgan fingerprint density at radius 1 is 0.946 bits per heavy atom. The van der Waals surface area contributed by atoms with Gasteiger partial charge in [0.2, 0.25) is 5.91 Å². The molecule has 3 aromatic carbocycles. The number of carbonyl (C=O) groups excluding carboxylic acids is 2. The molecule has 0 spiro atoms. The highest BCUT2D eigenvalue weighted by Gasteiger charge is 2.32. The highest BCUT2D eigenvalue weighted by molar-refractivity contribution is 9.10. The van der Waals surface area contributed by atoms with Gasteiger partial charge >= 0.3 is 0 Å². The van der Waals surface area contributed by atoms with Crippen LogP contribution >= 0.6 is 15.9 Å². The van der Waals surface area contributed by atoms with Crippen LogP contribution in [-0.2, 0) is 29.0 Å². The smallest absolute Gasteiger partial charge is 0.261 e. The minimum absolute atomic E-state index is 0.105. The molecule has 0 saturated heterocycles. The molecule has 1 aliphatic rings. The van der Waals surface area contributed by atoms with Crippen molar-refractivity contribution < 1.29 is 14.3 Å². The van der Waals surface area contributed by atoms with Gasteiger partial charge in [0.15, 0.2) is 6.61 Å². The summed E-state index contributed by atoms with van der Waals surface area (Å²) in [5.74, 6) is 0.316. The summed E-state index contributed by atoms with van der Waals surface area (Å²) in [6.07, 6.45) is 5.60. The van der Waals surface area contributed by atoms with Crippen LogP contribution in [0.15, 0.2) is 83.3 Å². The number of rotatable bonds is 11. The molecule has 2 amide bonds. The molecular formula is C31H35BrN2O3. The van der Waals surface area contributed by atoms with E-state index in [9.17, 15) is 9.59 Å². The lowest BCUT2D eigenvalue weighted by atomic mass is 10.0. The maximum atomic E-state index is 13.7. The predicted molar refractivity (Wildman–Crippen MR) is 150 cm³/mol. The molecular weight excluding hydrogens is 528 g/mol. The van der Waals surface area contributed by atoms with Gasteiger partial charge in [-0.25, -0.2) is 0 Å². The molecule has 1 fully saturated rings. The molecule has 1 N–H and O–H groups in total. The highest BCUT2D eigenvalue weighted by Crippen LogP contribution is 2.21. The Balaban J connectivity index is 1.59. The first-order valence-corrected chi connectivity index (χ1v) is 13.9. The zero-order valence-electron chi connectivity index (χ0n) is 21.4. The Bertz CT molecular complexity index is 1160. The van der Waals surface area contributed by atoms with E-state index in [-0.39, 0.29) is 24.5 Å². The van der Waals surface area contributed by atoms with Crippen molar-refractivity contribution in [2.45, 2.75) is 64.1 Å². The Morgan fingerprint density at radius 3 is 2.32 bits per heavy atom. The number of nitrogens with zero attached hydrogens (tertiary/aromatic N) is 1. The van der Waals surface area contributed by atoms with E-state index in [4.69, 9.17) is 4.74 Å². The predicted octanol–water partition coefficient (Wildman–Crippen LogP) is 6.09. The number of hydrogen-bond donors (Lipinski definition) is 1. The maximum absolute atomic E-state index is 13.7. The van der Waals surface area contributed by atoms with Gasteiger partial charge in [-0.1, -0.05) is 90.3 Å². The van der Waals surface area contributed by atoms with Gasteiger partial charge in [0.25, 0.3) is 5.91 Å². The van der Waals surface area contributed by atoms with E-state index in [1.807, 2.05) is 78.9 Å². The van der Waals surface area contributed by atoms with Crippen molar-refractivity contribution in [3.8, 4) is 5.75 Å². The van der Waals surface area contributed by atoms with Crippen LogP contribution in [0.1, 0.15) is 49.3 Å². The van der Waals surface area contributed by atoms with Crippen LogP contribution in [0.3, 0.4) is 0 Å². The van der Waals surface area contributed by atoms with Gasteiger partial charge in [0.05, 0.1) is 0 Å². The van der Waals surface area contributed by atoms with Gasteiger partial charge < -0.3 is 15.0 Å². The lowest BCUT2D eigenvalue weighted by molar-refractivity contribution is -0.143. The average Bonchev–Trinajstić information content (AvgIpc) is 3.43. The third kappa shape index (κ3) is 7.93. The fourth-order valence-electron chi connectivity index (χ4n) is 4.80. The van der Waals surface area contributed by atoms with Gasteiger partial charge in [-0.05, 0) is 60.2 Å². The summed E-state index contributed by atoms with van der Waals surface area (Å²) in [6, 6.07) is 25.1. The van der Waals surface area contributed by atoms with Crippen molar-refractivity contribution in [1.82, 2.24) is 10.2 Å². The van der Waals surface area contributed by atoms with E-state index in [0.29, 0.717) is 18.7 Å². The second-order valence-corrected chi connectivity index (χ2v) is 10.5. The fraction of sp³-hybridized carbons (Fsp3) is 0.355. The molecule has 37 heavy (non-hydrogen) atoms.